The second-order valence-corrected chi connectivity index (χ2v) is 6.19. The molecule has 0 radical (unpaired) electrons. The number of thioether (sulfide) groups is 1. The molecule has 0 spiro atoms. The van der Waals surface area contributed by atoms with Crippen molar-refractivity contribution in [2.24, 2.45) is 0 Å². The molecule has 0 fully saturated rings. The third-order valence-corrected chi connectivity index (χ3v) is 4.82. The summed E-state index contributed by atoms with van der Waals surface area (Å²) in [5.74, 6) is 1.89. The highest BCUT2D eigenvalue weighted by Crippen LogP contribution is 2.39. The standard InChI is InChI=1S/C15H23NOS/c1-12(2)16(8-9-17-3)10-13-11-18-15-7-5-4-6-14(13)15/h4-7,12-13H,8-11H2,1-3H3. The quantitative estimate of drug-likeness (QED) is 0.783. The van der Waals surface area contributed by atoms with Crippen molar-refractivity contribution >= 4 is 11.8 Å². The van der Waals surface area contributed by atoms with Gasteiger partial charge in [0.2, 0.25) is 0 Å². The number of rotatable bonds is 6. The van der Waals surface area contributed by atoms with E-state index >= 15 is 0 Å². The number of hydrogen-bond acceptors (Lipinski definition) is 3. The summed E-state index contributed by atoms with van der Waals surface area (Å²) in [5.41, 5.74) is 1.53. The Bertz CT molecular complexity index is 381. The fraction of sp³-hybridized carbons (Fsp3) is 0.600. The van der Waals surface area contributed by atoms with Crippen LogP contribution < -0.4 is 0 Å². The Morgan fingerprint density at radius 1 is 1.39 bits per heavy atom. The van der Waals surface area contributed by atoms with Crippen LogP contribution in [0.2, 0.25) is 0 Å². The molecule has 0 aromatic heterocycles. The summed E-state index contributed by atoms with van der Waals surface area (Å²) in [7, 11) is 1.78. The molecule has 18 heavy (non-hydrogen) atoms. The van der Waals surface area contributed by atoms with Crippen LogP contribution >= 0.6 is 11.8 Å². The molecule has 1 unspecified atom stereocenters. The predicted molar refractivity (Wildman–Crippen MR) is 78.5 cm³/mol. The average Bonchev–Trinajstić information content (AvgIpc) is 2.77. The third kappa shape index (κ3) is 3.28. The molecule has 0 bridgehead atoms. The van der Waals surface area contributed by atoms with Gasteiger partial charge in [-0.2, -0.15) is 0 Å². The largest absolute Gasteiger partial charge is 0.383 e. The van der Waals surface area contributed by atoms with E-state index in [2.05, 4.69) is 43.0 Å². The highest BCUT2D eigenvalue weighted by molar-refractivity contribution is 7.99. The monoisotopic (exact) mass is 265 g/mol. The van der Waals surface area contributed by atoms with Crippen molar-refractivity contribution in [3.05, 3.63) is 29.8 Å². The molecule has 2 rings (SSSR count). The molecule has 1 aliphatic heterocycles. The van der Waals surface area contributed by atoms with Crippen molar-refractivity contribution < 1.29 is 4.74 Å². The Labute approximate surface area is 115 Å². The maximum atomic E-state index is 5.21. The van der Waals surface area contributed by atoms with Crippen LogP contribution in [-0.2, 0) is 4.74 Å². The molecule has 0 saturated carbocycles. The van der Waals surface area contributed by atoms with E-state index in [9.17, 15) is 0 Å². The second-order valence-electron chi connectivity index (χ2n) is 5.13. The Kier molecular flexibility index (Phi) is 5.10. The minimum Gasteiger partial charge on any atom is -0.383 e. The number of ether oxygens (including phenoxy) is 1. The van der Waals surface area contributed by atoms with Gasteiger partial charge >= 0.3 is 0 Å². The van der Waals surface area contributed by atoms with Gasteiger partial charge in [-0.25, -0.2) is 0 Å². The Morgan fingerprint density at radius 2 is 2.17 bits per heavy atom. The zero-order valence-corrected chi connectivity index (χ0v) is 12.4. The van der Waals surface area contributed by atoms with E-state index in [4.69, 9.17) is 4.74 Å². The zero-order chi connectivity index (χ0) is 13.0. The topological polar surface area (TPSA) is 12.5 Å². The van der Waals surface area contributed by atoms with Gasteiger partial charge in [-0.15, -0.1) is 11.8 Å². The third-order valence-electron chi connectivity index (χ3n) is 3.57. The summed E-state index contributed by atoms with van der Waals surface area (Å²) in [6.45, 7) is 7.52. The van der Waals surface area contributed by atoms with Gasteiger partial charge < -0.3 is 4.74 Å². The van der Waals surface area contributed by atoms with Crippen LogP contribution in [0.4, 0.5) is 0 Å². The highest BCUT2D eigenvalue weighted by atomic mass is 32.2. The van der Waals surface area contributed by atoms with Crippen molar-refractivity contribution in [3.8, 4) is 0 Å². The molecule has 1 atom stereocenters. The van der Waals surface area contributed by atoms with Gasteiger partial charge in [-0.3, -0.25) is 4.90 Å². The normalized spacial score (nSPS) is 18.6. The van der Waals surface area contributed by atoms with Gasteiger partial charge in [0, 0.05) is 42.8 Å². The van der Waals surface area contributed by atoms with E-state index in [-0.39, 0.29) is 0 Å². The first-order valence-corrected chi connectivity index (χ1v) is 7.65. The Balaban J connectivity index is 2.00. The number of hydrogen-bond donors (Lipinski definition) is 0. The Morgan fingerprint density at radius 3 is 2.89 bits per heavy atom. The van der Waals surface area contributed by atoms with Crippen LogP contribution in [0.25, 0.3) is 0 Å². The molecular formula is C15H23NOS. The first kappa shape index (κ1) is 13.9. The molecule has 1 heterocycles. The van der Waals surface area contributed by atoms with Crippen molar-refractivity contribution in [2.75, 3.05) is 32.6 Å². The van der Waals surface area contributed by atoms with Crippen LogP contribution in [0.1, 0.15) is 25.3 Å². The van der Waals surface area contributed by atoms with Gasteiger partial charge in [0.1, 0.15) is 0 Å². The second kappa shape index (κ2) is 6.60. The lowest BCUT2D eigenvalue weighted by Gasteiger charge is -2.29. The number of fused-ring (bicyclic) bond motifs is 1. The SMILES string of the molecule is COCCN(CC1CSc2ccccc21)C(C)C. The minimum atomic E-state index is 0.581. The molecule has 1 aromatic rings. The number of nitrogens with zero attached hydrogens (tertiary/aromatic N) is 1. The lowest BCUT2D eigenvalue weighted by atomic mass is 10.0. The highest BCUT2D eigenvalue weighted by Gasteiger charge is 2.25. The average molecular weight is 265 g/mol. The van der Waals surface area contributed by atoms with E-state index in [1.165, 1.54) is 16.2 Å². The summed E-state index contributed by atoms with van der Waals surface area (Å²) >= 11 is 2.00. The van der Waals surface area contributed by atoms with Crippen molar-refractivity contribution in [2.45, 2.75) is 30.7 Å². The molecule has 0 aliphatic carbocycles. The smallest absolute Gasteiger partial charge is 0.0589 e. The van der Waals surface area contributed by atoms with Crippen LogP contribution in [-0.4, -0.2) is 43.5 Å². The molecule has 100 valence electrons. The van der Waals surface area contributed by atoms with Crippen LogP contribution in [0.5, 0.6) is 0 Å². The fourth-order valence-corrected chi connectivity index (χ4v) is 3.67. The molecule has 0 N–H and O–H groups in total. The van der Waals surface area contributed by atoms with E-state index in [1.54, 1.807) is 7.11 Å². The van der Waals surface area contributed by atoms with E-state index < -0.39 is 0 Å². The van der Waals surface area contributed by atoms with Gasteiger partial charge in [0.25, 0.3) is 0 Å². The van der Waals surface area contributed by atoms with Crippen molar-refractivity contribution in [1.82, 2.24) is 4.90 Å². The number of methoxy groups -OCH3 is 1. The molecule has 2 nitrogen and oxygen atoms in total. The predicted octanol–water partition coefficient (Wildman–Crippen LogP) is 3.23. The Hall–Kier alpha value is -0.510. The molecule has 0 amide bonds. The van der Waals surface area contributed by atoms with Crippen LogP contribution in [0.15, 0.2) is 29.2 Å². The summed E-state index contributed by atoms with van der Waals surface area (Å²) < 4.78 is 5.21. The van der Waals surface area contributed by atoms with Gasteiger partial charge in [-0.05, 0) is 25.5 Å². The van der Waals surface area contributed by atoms with Gasteiger partial charge in [0.05, 0.1) is 6.61 Å². The maximum absolute atomic E-state index is 5.21. The molecular weight excluding hydrogens is 242 g/mol. The molecule has 3 heteroatoms. The molecule has 0 saturated heterocycles. The fourth-order valence-electron chi connectivity index (χ4n) is 2.43. The lowest BCUT2D eigenvalue weighted by molar-refractivity contribution is 0.126. The van der Waals surface area contributed by atoms with Crippen LogP contribution in [0, 0.1) is 0 Å². The summed E-state index contributed by atoms with van der Waals surface area (Å²) in [4.78, 5) is 3.99. The minimum absolute atomic E-state index is 0.581. The summed E-state index contributed by atoms with van der Waals surface area (Å²) in [6, 6.07) is 9.41. The van der Waals surface area contributed by atoms with Crippen LogP contribution in [0.3, 0.4) is 0 Å². The molecule has 1 aromatic carbocycles. The van der Waals surface area contributed by atoms with E-state index in [1.807, 2.05) is 11.8 Å². The maximum Gasteiger partial charge on any atom is 0.0589 e. The summed E-state index contributed by atoms with van der Waals surface area (Å²) in [6.07, 6.45) is 0. The van der Waals surface area contributed by atoms with Crippen molar-refractivity contribution in [1.29, 1.82) is 0 Å². The van der Waals surface area contributed by atoms with Crippen molar-refractivity contribution in [3.63, 3.8) is 0 Å². The number of benzene rings is 1. The first-order chi connectivity index (χ1) is 8.72. The van der Waals surface area contributed by atoms with E-state index in [0.29, 0.717) is 12.0 Å². The lowest BCUT2D eigenvalue weighted by Crippen LogP contribution is -2.37. The summed E-state index contributed by atoms with van der Waals surface area (Å²) in [5, 5.41) is 0. The van der Waals surface area contributed by atoms with E-state index in [0.717, 1.165) is 19.7 Å². The van der Waals surface area contributed by atoms with Gasteiger partial charge in [0.15, 0.2) is 0 Å². The zero-order valence-electron chi connectivity index (χ0n) is 11.6. The van der Waals surface area contributed by atoms with Gasteiger partial charge in [-0.1, -0.05) is 18.2 Å². The first-order valence-electron chi connectivity index (χ1n) is 6.67. The molecule has 1 aliphatic rings.